The Morgan fingerprint density at radius 3 is 2.00 bits per heavy atom. The van der Waals surface area contributed by atoms with Crippen LogP contribution in [0.2, 0.25) is 0 Å². The van der Waals surface area contributed by atoms with E-state index in [-0.39, 0.29) is 14.7 Å². The fraction of sp³-hybridized carbons (Fsp3) is 0.0500. The first kappa shape index (κ1) is 19.3. The van der Waals surface area contributed by atoms with Gasteiger partial charge in [-0.25, -0.2) is 4.90 Å². The van der Waals surface area contributed by atoms with Crippen LogP contribution in [0.25, 0.3) is 6.08 Å². The highest BCUT2D eigenvalue weighted by Crippen LogP contribution is 2.33. The fourth-order valence-corrected chi connectivity index (χ4v) is 3.16. The maximum absolute atomic E-state index is 12.3. The Labute approximate surface area is 172 Å². The maximum Gasteiger partial charge on any atom is 0.273 e. The molecule has 3 rings (SSSR count). The average molecular weight is 491 g/mol. The van der Waals surface area contributed by atoms with Crippen LogP contribution in [0.15, 0.2) is 63.6 Å². The van der Waals surface area contributed by atoms with Gasteiger partial charge in [0.05, 0.1) is 12.8 Å². The molecule has 136 valence electrons. The summed E-state index contributed by atoms with van der Waals surface area (Å²) in [6, 6.07) is 13.6. The molecular formula is C20H13Br2NO4. The molecule has 0 bridgehead atoms. The zero-order valence-corrected chi connectivity index (χ0v) is 17.3. The van der Waals surface area contributed by atoms with E-state index in [0.717, 1.165) is 16.2 Å². The lowest BCUT2D eigenvalue weighted by molar-refractivity contribution is -0.120. The van der Waals surface area contributed by atoms with Gasteiger partial charge in [-0.15, -0.1) is 0 Å². The van der Waals surface area contributed by atoms with E-state index in [0.29, 0.717) is 11.3 Å². The lowest BCUT2D eigenvalue weighted by atomic mass is 10.1. The predicted octanol–water partition coefficient (Wildman–Crippen LogP) is 4.47. The van der Waals surface area contributed by atoms with Crippen molar-refractivity contribution in [2.45, 2.75) is 0 Å². The standard InChI is InChI=1S/C20H13Br2NO4/c1-27-15-9-2-12(3-10-15)4-11-16(24)13-5-7-14(8-6-13)23-19(25)17(21)18(22)20(23)26/h2-11H,1H3/b11-4+. The topological polar surface area (TPSA) is 63.7 Å². The minimum atomic E-state index is -0.453. The third-order valence-corrected chi connectivity index (χ3v) is 5.93. The smallest absolute Gasteiger partial charge is 0.273 e. The van der Waals surface area contributed by atoms with E-state index < -0.39 is 11.8 Å². The number of carbonyl (C=O) groups excluding carboxylic acids is 3. The number of hydrogen-bond acceptors (Lipinski definition) is 4. The van der Waals surface area contributed by atoms with Crippen molar-refractivity contribution in [3.8, 4) is 5.75 Å². The third-order valence-electron chi connectivity index (χ3n) is 3.93. The second-order valence-corrected chi connectivity index (χ2v) is 7.18. The van der Waals surface area contributed by atoms with Crippen LogP contribution in [0.3, 0.4) is 0 Å². The molecule has 0 fully saturated rings. The van der Waals surface area contributed by atoms with E-state index in [9.17, 15) is 14.4 Å². The van der Waals surface area contributed by atoms with Gasteiger partial charge >= 0.3 is 0 Å². The maximum atomic E-state index is 12.3. The van der Waals surface area contributed by atoms with Crippen molar-refractivity contribution in [2.75, 3.05) is 12.0 Å². The Bertz CT molecular complexity index is 952. The molecule has 1 heterocycles. The highest BCUT2D eigenvalue weighted by atomic mass is 79.9. The number of methoxy groups -OCH3 is 1. The number of carbonyl (C=O) groups is 3. The SMILES string of the molecule is COc1ccc(/C=C/C(=O)c2ccc(N3C(=O)C(Br)=C(Br)C3=O)cc2)cc1. The molecule has 27 heavy (non-hydrogen) atoms. The zero-order chi connectivity index (χ0) is 19.6. The normalized spacial score (nSPS) is 14.4. The number of allylic oxidation sites excluding steroid dienone is 1. The summed E-state index contributed by atoms with van der Waals surface area (Å²) in [4.78, 5) is 37.6. The van der Waals surface area contributed by atoms with Crippen molar-refractivity contribution >= 4 is 61.2 Å². The van der Waals surface area contributed by atoms with Crippen LogP contribution < -0.4 is 9.64 Å². The largest absolute Gasteiger partial charge is 0.497 e. The number of amides is 2. The number of imide groups is 1. The summed E-state index contributed by atoms with van der Waals surface area (Å²) in [7, 11) is 1.59. The molecule has 0 atom stereocenters. The van der Waals surface area contributed by atoms with E-state index >= 15 is 0 Å². The van der Waals surface area contributed by atoms with Crippen molar-refractivity contribution in [1.29, 1.82) is 0 Å². The van der Waals surface area contributed by atoms with Crippen LogP contribution in [-0.4, -0.2) is 24.7 Å². The van der Waals surface area contributed by atoms with Gasteiger partial charge in [-0.3, -0.25) is 14.4 Å². The molecule has 0 radical (unpaired) electrons. The average Bonchev–Trinajstić information content (AvgIpc) is 2.89. The van der Waals surface area contributed by atoms with Gasteiger partial charge < -0.3 is 4.74 Å². The van der Waals surface area contributed by atoms with E-state index in [1.54, 1.807) is 37.5 Å². The minimum absolute atomic E-state index is 0.176. The highest BCUT2D eigenvalue weighted by Gasteiger charge is 2.36. The predicted molar refractivity (Wildman–Crippen MR) is 110 cm³/mol. The number of hydrogen-bond donors (Lipinski definition) is 0. The Morgan fingerprint density at radius 1 is 0.926 bits per heavy atom. The summed E-state index contributed by atoms with van der Waals surface area (Å²) in [5, 5.41) is 0. The van der Waals surface area contributed by atoms with Crippen molar-refractivity contribution in [3.05, 3.63) is 74.7 Å². The fourth-order valence-electron chi connectivity index (χ4n) is 2.47. The van der Waals surface area contributed by atoms with Crippen molar-refractivity contribution in [3.63, 3.8) is 0 Å². The summed E-state index contributed by atoms with van der Waals surface area (Å²) >= 11 is 6.17. The van der Waals surface area contributed by atoms with Crippen molar-refractivity contribution in [1.82, 2.24) is 0 Å². The van der Waals surface area contributed by atoms with Crippen molar-refractivity contribution < 1.29 is 19.1 Å². The number of ketones is 1. The van der Waals surface area contributed by atoms with Gasteiger partial charge in [-0.05, 0) is 79.9 Å². The lowest BCUT2D eigenvalue weighted by Gasteiger charge is -2.14. The van der Waals surface area contributed by atoms with Gasteiger partial charge in [0.25, 0.3) is 11.8 Å². The lowest BCUT2D eigenvalue weighted by Crippen LogP contribution is -2.30. The molecule has 1 aliphatic heterocycles. The van der Waals surface area contributed by atoms with Crippen LogP contribution in [-0.2, 0) is 9.59 Å². The summed E-state index contributed by atoms with van der Waals surface area (Å²) < 4.78 is 5.45. The summed E-state index contributed by atoms with van der Waals surface area (Å²) in [6.45, 7) is 0. The van der Waals surface area contributed by atoms with E-state index in [2.05, 4.69) is 31.9 Å². The van der Waals surface area contributed by atoms with Crippen LogP contribution in [0.5, 0.6) is 5.75 Å². The van der Waals surface area contributed by atoms with Gasteiger partial charge in [-0.1, -0.05) is 18.2 Å². The van der Waals surface area contributed by atoms with Crippen LogP contribution >= 0.6 is 31.9 Å². The number of anilines is 1. The minimum Gasteiger partial charge on any atom is -0.497 e. The second-order valence-electron chi connectivity index (χ2n) is 5.59. The number of benzene rings is 2. The molecular weight excluding hydrogens is 478 g/mol. The van der Waals surface area contributed by atoms with Gasteiger partial charge in [0.15, 0.2) is 5.78 Å². The first-order valence-corrected chi connectivity index (χ1v) is 9.41. The number of ether oxygens (including phenoxy) is 1. The molecule has 5 nitrogen and oxygen atoms in total. The summed E-state index contributed by atoms with van der Waals surface area (Å²) in [5.41, 5.74) is 1.72. The Morgan fingerprint density at radius 2 is 1.48 bits per heavy atom. The van der Waals surface area contributed by atoms with E-state index in [4.69, 9.17) is 4.74 Å². The Balaban J connectivity index is 1.73. The molecule has 2 aromatic carbocycles. The van der Waals surface area contributed by atoms with E-state index in [1.807, 2.05) is 24.3 Å². The molecule has 0 N–H and O–H groups in total. The van der Waals surface area contributed by atoms with Crippen LogP contribution in [0.1, 0.15) is 15.9 Å². The molecule has 0 saturated heterocycles. The zero-order valence-electron chi connectivity index (χ0n) is 14.1. The van der Waals surface area contributed by atoms with Gasteiger partial charge in [0.1, 0.15) is 14.7 Å². The first-order chi connectivity index (χ1) is 12.9. The van der Waals surface area contributed by atoms with Gasteiger partial charge in [-0.2, -0.15) is 0 Å². The van der Waals surface area contributed by atoms with Gasteiger partial charge in [0, 0.05) is 5.56 Å². The van der Waals surface area contributed by atoms with Crippen molar-refractivity contribution in [2.24, 2.45) is 0 Å². The molecule has 7 heteroatoms. The second kappa shape index (κ2) is 8.02. The van der Waals surface area contributed by atoms with E-state index in [1.165, 1.54) is 6.08 Å². The Hall–Kier alpha value is -2.51. The molecule has 0 saturated carbocycles. The monoisotopic (exact) mass is 489 g/mol. The molecule has 2 amide bonds. The quantitative estimate of drug-likeness (QED) is 0.352. The Kier molecular flexibility index (Phi) is 5.72. The van der Waals surface area contributed by atoms with Crippen LogP contribution in [0.4, 0.5) is 5.69 Å². The molecule has 0 aromatic heterocycles. The third kappa shape index (κ3) is 3.94. The number of halogens is 2. The molecule has 0 unspecified atom stereocenters. The highest BCUT2D eigenvalue weighted by molar-refractivity contribution is 9.14. The van der Waals surface area contributed by atoms with Gasteiger partial charge in [0.2, 0.25) is 0 Å². The molecule has 0 aliphatic carbocycles. The number of nitrogens with zero attached hydrogens (tertiary/aromatic N) is 1. The molecule has 2 aromatic rings. The molecule has 1 aliphatic rings. The number of rotatable bonds is 5. The first-order valence-electron chi connectivity index (χ1n) is 7.83. The summed E-state index contributed by atoms with van der Waals surface area (Å²) in [6.07, 6.45) is 3.18. The molecule has 0 spiro atoms. The summed E-state index contributed by atoms with van der Waals surface area (Å²) in [5.74, 6) is -0.347. The van der Waals surface area contributed by atoms with Crippen LogP contribution in [0, 0.1) is 0 Å².